The summed E-state index contributed by atoms with van der Waals surface area (Å²) in [7, 11) is -0.772. The lowest BCUT2D eigenvalue weighted by Gasteiger charge is -2.18. The zero-order chi connectivity index (χ0) is 23.2. The van der Waals surface area contributed by atoms with Gasteiger partial charge in [0.05, 0.1) is 29.8 Å². The van der Waals surface area contributed by atoms with E-state index in [-0.39, 0.29) is 23.7 Å². The second-order valence-electron chi connectivity index (χ2n) is 6.40. The number of ether oxygens (including phenoxy) is 2. The number of sulfonamides is 1. The summed E-state index contributed by atoms with van der Waals surface area (Å²) in [5.41, 5.74) is 3.50. The molecule has 10 nitrogen and oxygen atoms in total. The molecule has 2 rings (SSSR count). The minimum Gasteiger partial charge on any atom is -0.497 e. The van der Waals surface area contributed by atoms with Crippen molar-refractivity contribution in [2.45, 2.75) is 25.7 Å². The summed E-state index contributed by atoms with van der Waals surface area (Å²) < 4.78 is 37.1. The molecule has 2 aromatic rings. The molecular weight excluding hydrogens is 424 g/mol. The zero-order valence-corrected chi connectivity index (χ0v) is 18.9. The predicted molar refractivity (Wildman–Crippen MR) is 119 cm³/mol. The van der Waals surface area contributed by atoms with E-state index < -0.39 is 20.6 Å². The molecule has 0 aromatic heterocycles. The van der Waals surface area contributed by atoms with Crippen molar-refractivity contribution in [2.24, 2.45) is 5.10 Å². The lowest BCUT2D eigenvalue weighted by atomic mass is 10.1. The van der Waals surface area contributed by atoms with Gasteiger partial charge >= 0.3 is 0 Å². The molecule has 1 N–H and O–H groups in total. The van der Waals surface area contributed by atoms with Gasteiger partial charge in [0.15, 0.2) is 0 Å². The number of hydrazone groups is 1. The summed E-state index contributed by atoms with van der Waals surface area (Å²) in [6.07, 6.45) is 0. The van der Waals surface area contributed by atoms with Gasteiger partial charge in [-0.25, -0.2) is 8.42 Å². The third-order valence-electron chi connectivity index (χ3n) is 4.65. The number of methoxy groups -OCH3 is 2. The molecule has 0 atom stereocenters. The topological polar surface area (TPSA) is 123 Å². The first-order chi connectivity index (χ1) is 14.7. The summed E-state index contributed by atoms with van der Waals surface area (Å²) in [6.45, 7) is 5.65. The van der Waals surface area contributed by atoms with Gasteiger partial charge in [0.25, 0.3) is 5.69 Å². The summed E-state index contributed by atoms with van der Waals surface area (Å²) >= 11 is 0. The summed E-state index contributed by atoms with van der Waals surface area (Å²) in [4.78, 5) is 10.8. The molecule has 0 spiro atoms. The summed E-state index contributed by atoms with van der Waals surface area (Å²) in [5.74, 6) is 1.14. The Morgan fingerprint density at radius 2 is 1.81 bits per heavy atom. The van der Waals surface area contributed by atoms with Crippen molar-refractivity contribution in [1.29, 1.82) is 0 Å². The van der Waals surface area contributed by atoms with Gasteiger partial charge in [0.1, 0.15) is 17.2 Å². The minimum absolute atomic E-state index is 0.0651. The van der Waals surface area contributed by atoms with Crippen LogP contribution < -0.4 is 14.9 Å². The Morgan fingerprint density at radius 1 is 1.13 bits per heavy atom. The van der Waals surface area contributed by atoms with E-state index >= 15 is 0 Å². The Morgan fingerprint density at radius 3 is 2.35 bits per heavy atom. The lowest BCUT2D eigenvalue weighted by Crippen LogP contribution is -2.30. The van der Waals surface area contributed by atoms with E-state index in [4.69, 9.17) is 9.47 Å². The van der Waals surface area contributed by atoms with E-state index in [1.807, 2.05) is 0 Å². The number of nitrogens with one attached hydrogen (secondary N) is 1. The highest BCUT2D eigenvalue weighted by Crippen LogP contribution is 2.30. The molecule has 0 aliphatic carbocycles. The fourth-order valence-corrected chi connectivity index (χ4v) is 4.41. The van der Waals surface area contributed by atoms with Gasteiger partial charge < -0.3 is 9.47 Å². The van der Waals surface area contributed by atoms with E-state index in [1.54, 1.807) is 46.1 Å². The van der Waals surface area contributed by atoms with Crippen molar-refractivity contribution in [3.63, 3.8) is 0 Å². The molecule has 2 aromatic carbocycles. The van der Waals surface area contributed by atoms with Gasteiger partial charge in [-0.3, -0.25) is 15.5 Å². The van der Waals surface area contributed by atoms with Crippen molar-refractivity contribution in [3.8, 4) is 11.5 Å². The molecule has 0 unspecified atom stereocenters. The van der Waals surface area contributed by atoms with Crippen LogP contribution in [0.3, 0.4) is 0 Å². The molecule has 0 aliphatic rings. The Labute approximate surface area is 181 Å². The van der Waals surface area contributed by atoms with E-state index in [1.165, 1.54) is 23.5 Å². The first-order valence-corrected chi connectivity index (χ1v) is 10.9. The number of rotatable bonds is 10. The molecule has 11 heteroatoms. The van der Waals surface area contributed by atoms with Gasteiger partial charge in [0.2, 0.25) is 10.0 Å². The maximum Gasteiger partial charge on any atom is 0.295 e. The average molecular weight is 451 g/mol. The zero-order valence-electron chi connectivity index (χ0n) is 18.1. The second-order valence-corrected chi connectivity index (χ2v) is 8.34. The normalized spacial score (nSPS) is 12.0. The molecule has 168 valence electrons. The van der Waals surface area contributed by atoms with Crippen LogP contribution in [0.15, 0.2) is 46.4 Å². The molecule has 0 saturated heterocycles. The van der Waals surface area contributed by atoms with E-state index in [2.05, 4.69) is 10.5 Å². The highest BCUT2D eigenvalue weighted by atomic mass is 32.2. The lowest BCUT2D eigenvalue weighted by molar-refractivity contribution is -0.384. The minimum atomic E-state index is -3.83. The fraction of sp³-hybridized carbons (Fsp3) is 0.350. The van der Waals surface area contributed by atoms with E-state index in [0.29, 0.717) is 22.8 Å². The number of anilines is 1. The Balaban J connectivity index is 2.41. The van der Waals surface area contributed by atoms with Crippen LogP contribution in [-0.2, 0) is 10.0 Å². The van der Waals surface area contributed by atoms with Gasteiger partial charge in [-0.2, -0.15) is 9.41 Å². The number of hydrogen-bond acceptors (Lipinski definition) is 8. The highest BCUT2D eigenvalue weighted by molar-refractivity contribution is 7.89. The third-order valence-corrected chi connectivity index (χ3v) is 6.70. The van der Waals surface area contributed by atoms with E-state index in [9.17, 15) is 18.5 Å². The number of nitro benzene ring substituents is 1. The highest BCUT2D eigenvalue weighted by Gasteiger charge is 2.25. The van der Waals surface area contributed by atoms with Crippen LogP contribution >= 0.6 is 0 Å². The van der Waals surface area contributed by atoms with Crippen LogP contribution in [0.4, 0.5) is 11.4 Å². The first-order valence-electron chi connectivity index (χ1n) is 9.50. The van der Waals surface area contributed by atoms with Crippen molar-refractivity contribution >= 4 is 27.1 Å². The fourth-order valence-electron chi connectivity index (χ4n) is 2.93. The van der Waals surface area contributed by atoms with E-state index in [0.717, 1.165) is 6.07 Å². The Bertz CT molecular complexity index is 1080. The van der Waals surface area contributed by atoms with Gasteiger partial charge in [0, 0.05) is 30.8 Å². The van der Waals surface area contributed by atoms with Crippen LogP contribution in [0.5, 0.6) is 11.5 Å². The monoisotopic (exact) mass is 450 g/mol. The molecule has 0 heterocycles. The summed E-state index contributed by atoms with van der Waals surface area (Å²) in [5, 5.41) is 15.8. The molecular formula is C20H26N4O6S. The molecule has 0 amide bonds. The second kappa shape index (κ2) is 10.2. The standard InChI is InChI=1S/C20H26N4O6S/c1-6-23(7-2)31(27,28)16-9-11-18(19(13-16)24(25)26)22-21-14(3)17-10-8-15(29-4)12-20(17)30-5/h8-13,22H,6-7H2,1-5H3/b21-14+. The van der Waals surface area contributed by atoms with Crippen LogP contribution in [0.1, 0.15) is 26.3 Å². The van der Waals surface area contributed by atoms with Crippen molar-refractivity contribution in [1.82, 2.24) is 4.31 Å². The van der Waals surface area contributed by atoms with Crippen LogP contribution in [0.25, 0.3) is 0 Å². The molecule has 0 aliphatic heterocycles. The smallest absolute Gasteiger partial charge is 0.295 e. The summed E-state index contributed by atoms with van der Waals surface area (Å²) in [6, 6.07) is 8.88. The Kier molecular flexibility index (Phi) is 7.95. The third kappa shape index (κ3) is 5.30. The first kappa shape index (κ1) is 24.1. The number of hydrogen-bond donors (Lipinski definition) is 1. The van der Waals surface area contributed by atoms with Crippen LogP contribution in [-0.4, -0.2) is 50.7 Å². The largest absolute Gasteiger partial charge is 0.497 e. The van der Waals surface area contributed by atoms with Gasteiger partial charge in [-0.15, -0.1) is 0 Å². The van der Waals surface area contributed by atoms with Gasteiger partial charge in [-0.05, 0) is 31.2 Å². The SMILES string of the molecule is CCN(CC)S(=O)(=O)c1ccc(N/N=C(\C)c2ccc(OC)cc2OC)c([N+](=O)[O-])c1. The number of nitrogens with zero attached hydrogens (tertiary/aromatic N) is 3. The molecule has 0 fully saturated rings. The van der Waals surface area contributed by atoms with Gasteiger partial charge in [-0.1, -0.05) is 13.8 Å². The van der Waals surface area contributed by atoms with Crippen LogP contribution in [0.2, 0.25) is 0 Å². The Hall–Kier alpha value is -3.18. The predicted octanol–water partition coefficient (Wildman–Crippen LogP) is 3.48. The molecule has 0 bridgehead atoms. The van der Waals surface area contributed by atoms with Crippen molar-refractivity contribution in [3.05, 3.63) is 52.1 Å². The molecule has 0 saturated carbocycles. The maximum atomic E-state index is 12.7. The van der Waals surface area contributed by atoms with Crippen LogP contribution in [0, 0.1) is 10.1 Å². The molecule has 31 heavy (non-hydrogen) atoms. The van der Waals surface area contributed by atoms with Crippen molar-refractivity contribution in [2.75, 3.05) is 32.7 Å². The average Bonchev–Trinajstić information content (AvgIpc) is 2.77. The van der Waals surface area contributed by atoms with Crippen molar-refractivity contribution < 1.29 is 22.8 Å². The maximum absolute atomic E-state index is 12.7. The quantitative estimate of drug-likeness (QED) is 0.334. The number of benzene rings is 2. The molecule has 0 radical (unpaired) electrons. The number of nitro groups is 1.